The predicted octanol–water partition coefficient (Wildman–Crippen LogP) is 2.47. The second-order valence-corrected chi connectivity index (χ2v) is 4.01. The SMILES string of the molecule is Cc1ccc(OCC(N)c2ccncc2)cc1. The monoisotopic (exact) mass is 228 g/mol. The lowest BCUT2D eigenvalue weighted by atomic mass is 10.1. The molecule has 0 aliphatic heterocycles. The lowest BCUT2D eigenvalue weighted by Gasteiger charge is -2.13. The Labute approximate surface area is 101 Å². The van der Waals surface area contributed by atoms with Crippen LogP contribution in [-0.4, -0.2) is 11.6 Å². The zero-order valence-electron chi connectivity index (χ0n) is 9.84. The molecule has 0 spiro atoms. The highest BCUT2D eigenvalue weighted by Gasteiger charge is 2.06. The minimum Gasteiger partial charge on any atom is -0.492 e. The molecule has 0 fully saturated rings. The highest BCUT2D eigenvalue weighted by Crippen LogP contribution is 2.14. The molecule has 17 heavy (non-hydrogen) atoms. The Kier molecular flexibility index (Phi) is 3.73. The van der Waals surface area contributed by atoms with Crippen LogP contribution in [0.5, 0.6) is 5.75 Å². The molecule has 0 saturated heterocycles. The van der Waals surface area contributed by atoms with Crippen LogP contribution < -0.4 is 10.5 Å². The smallest absolute Gasteiger partial charge is 0.119 e. The van der Waals surface area contributed by atoms with Gasteiger partial charge in [0.15, 0.2) is 0 Å². The van der Waals surface area contributed by atoms with Gasteiger partial charge in [0.25, 0.3) is 0 Å². The molecule has 3 heteroatoms. The molecule has 0 radical (unpaired) electrons. The number of hydrogen-bond donors (Lipinski definition) is 1. The van der Waals surface area contributed by atoms with Crippen molar-refractivity contribution in [2.75, 3.05) is 6.61 Å². The van der Waals surface area contributed by atoms with Crippen molar-refractivity contribution in [2.24, 2.45) is 5.73 Å². The Balaban J connectivity index is 1.92. The van der Waals surface area contributed by atoms with Crippen LogP contribution in [0, 0.1) is 6.92 Å². The molecular weight excluding hydrogens is 212 g/mol. The third-order valence-corrected chi connectivity index (χ3v) is 2.58. The molecule has 3 nitrogen and oxygen atoms in total. The molecule has 2 rings (SSSR count). The van der Waals surface area contributed by atoms with Crippen molar-refractivity contribution < 1.29 is 4.74 Å². The first-order chi connectivity index (χ1) is 8.25. The summed E-state index contributed by atoms with van der Waals surface area (Å²) in [6.07, 6.45) is 3.47. The second-order valence-electron chi connectivity index (χ2n) is 4.01. The van der Waals surface area contributed by atoms with Crippen molar-refractivity contribution in [3.63, 3.8) is 0 Å². The van der Waals surface area contributed by atoms with Crippen LogP contribution in [0.15, 0.2) is 48.8 Å². The van der Waals surface area contributed by atoms with E-state index >= 15 is 0 Å². The van der Waals surface area contributed by atoms with E-state index in [-0.39, 0.29) is 6.04 Å². The summed E-state index contributed by atoms with van der Waals surface area (Å²) in [4.78, 5) is 3.96. The van der Waals surface area contributed by atoms with Gasteiger partial charge in [-0.2, -0.15) is 0 Å². The average Bonchev–Trinajstić information content (AvgIpc) is 2.39. The third kappa shape index (κ3) is 3.29. The molecule has 0 amide bonds. The van der Waals surface area contributed by atoms with Gasteiger partial charge in [0.05, 0.1) is 6.04 Å². The fourth-order valence-corrected chi connectivity index (χ4v) is 1.53. The molecule has 0 saturated carbocycles. The Morgan fingerprint density at radius 2 is 1.76 bits per heavy atom. The van der Waals surface area contributed by atoms with E-state index in [1.165, 1.54) is 5.56 Å². The maximum absolute atomic E-state index is 6.02. The van der Waals surface area contributed by atoms with Gasteiger partial charge in [-0.15, -0.1) is 0 Å². The van der Waals surface area contributed by atoms with E-state index in [1.54, 1.807) is 12.4 Å². The van der Waals surface area contributed by atoms with Crippen LogP contribution in [0.25, 0.3) is 0 Å². The van der Waals surface area contributed by atoms with Crippen LogP contribution >= 0.6 is 0 Å². The first-order valence-corrected chi connectivity index (χ1v) is 5.60. The number of ether oxygens (including phenoxy) is 1. The predicted molar refractivity (Wildman–Crippen MR) is 67.8 cm³/mol. The Morgan fingerprint density at radius 3 is 2.41 bits per heavy atom. The van der Waals surface area contributed by atoms with Crippen LogP contribution in [0.2, 0.25) is 0 Å². The van der Waals surface area contributed by atoms with Crippen molar-refractivity contribution >= 4 is 0 Å². The summed E-state index contributed by atoms with van der Waals surface area (Å²) in [5, 5.41) is 0. The highest BCUT2D eigenvalue weighted by atomic mass is 16.5. The van der Waals surface area contributed by atoms with E-state index in [0.29, 0.717) is 6.61 Å². The maximum Gasteiger partial charge on any atom is 0.119 e. The molecule has 1 aromatic carbocycles. The van der Waals surface area contributed by atoms with Gasteiger partial charge in [0.1, 0.15) is 12.4 Å². The van der Waals surface area contributed by atoms with Crippen molar-refractivity contribution in [1.29, 1.82) is 0 Å². The number of aromatic nitrogens is 1. The summed E-state index contributed by atoms with van der Waals surface area (Å²) in [6.45, 7) is 2.51. The van der Waals surface area contributed by atoms with Crippen molar-refractivity contribution in [1.82, 2.24) is 4.98 Å². The molecule has 2 aromatic rings. The van der Waals surface area contributed by atoms with Gasteiger partial charge in [0, 0.05) is 12.4 Å². The zero-order valence-corrected chi connectivity index (χ0v) is 9.84. The minimum atomic E-state index is -0.126. The van der Waals surface area contributed by atoms with E-state index < -0.39 is 0 Å². The first kappa shape index (κ1) is 11.6. The molecular formula is C14H16N2O. The molecule has 0 bridgehead atoms. The minimum absolute atomic E-state index is 0.126. The van der Waals surface area contributed by atoms with E-state index in [0.717, 1.165) is 11.3 Å². The van der Waals surface area contributed by atoms with Crippen LogP contribution in [-0.2, 0) is 0 Å². The number of pyridine rings is 1. The number of aryl methyl sites for hydroxylation is 1. The summed E-state index contributed by atoms with van der Waals surface area (Å²) in [5.41, 5.74) is 8.27. The fraction of sp³-hybridized carbons (Fsp3) is 0.214. The van der Waals surface area contributed by atoms with Crippen molar-refractivity contribution in [3.05, 3.63) is 59.9 Å². The summed E-state index contributed by atoms with van der Waals surface area (Å²) < 4.78 is 5.63. The van der Waals surface area contributed by atoms with Crippen molar-refractivity contribution in [2.45, 2.75) is 13.0 Å². The molecule has 1 unspecified atom stereocenters. The van der Waals surface area contributed by atoms with Gasteiger partial charge in [0.2, 0.25) is 0 Å². The van der Waals surface area contributed by atoms with Gasteiger partial charge in [-0.25, -0.2) is 0 Å². The van der Waals surface area contributed by atoms with E-state index in [1.807, 2.05) is 43.3 Å². The van der Waals surface area contributed by atoms with E-state index in [2.05, 4.69) is 4.98 Å². The highest BCUT2D eigenvalue weighted by molar-refractivity contribution is 5.26. The largest absolute Gasteiger partial charge is 0.492 e. The van der Waals surface area contributed by atoms with Crippen molar-refractivity contribution in [3.8, 4) is 5.75 Å². The van der Waals surface area contributed by atoms with Gasteiger partial charge in [-0.05, 0) is 36.8 Å². The zero-order chi connectivity index (χ0) is 12.1. The van der Waals surface area contributed by atoms with Crippen LogP contribution in [0.4, 0.5) is 0 Å². The molecule has 1 heterocycles. The summed E-state index contributed by atoms with van der Waals surface area (Å²) in [6, 6.07) is 11.6. The number of rotatable bonds is 4. The number of nitrogens with zero attached hydrogens (tertiary/aromatic N) is 1. The molecule has 2 N–H and O–H groups in total. The van der Waals surface area contributed by atoms with Gasteiger partial charge < -0.3 is 10.5 Å². The summed E-state index contributed by atoms with van der Waals surface area (Å²) in [7, 11) is 0. The number of benzene rings is 1. The second kappa shape index (κ2) is 5.46. The quantitative estimate of drug-likeness (QED) is 0.874. The number of hydrogen-bond acceptors (Lipinski definition) is 3. The first-order valence-electron chi connectivity index (χ1n) is 5.60. The van der Waals surface area contributed by atoms with Gasteiger partial charge in [-0.1, -0.05) is 17.7 Å². The van der Waals surface area contributed by atoms with Gasteiger partial charge in [-0.3, -0.25) is 4.98 Å². The topological polar surface area (TPSA) is 48.1 Å². The fourth-order valence-electron chi connectivity index (χ4n) is 1.53. The Bertz CT molecular complexity index is 453. The third-order valence-electron chi connectivity index (χ3n) is 2.58. The summed E-state index contributed by atoms with van der Waals surface area (Å²) >= 11 is 0. The standard InChI is InChI=1S/C14H16N2O/c1-11-2-4-13(5-3-11)17-10-14(15)12-6-8-16-9-7-12/h2-9,14H,10,15H2,1H3. The van der Waals surface area contributed by atoms with E-state index in [4.69, 9.17) is 10.5 Å². The Hall–Kier alpha value is -1.87. The molecule has 88 valence electrons. The molecule has 0 aliphatic carbocycles. The molecule has 1 aromatic heterocycles. The molecule has 0 aliphatic rings. The lowest BCUT2D eigenvalue weighted by molar-refractivity contribution is 0.290. The average molecular weight is 228 g/mol. The normalized spacial score (nSPS) is 12.1. The number of nitrogens with two attached hydrogens (primary N) is 1. The van der Waals surface area contributed by atoms with Crippen LogP contribution in [0.1, 0.15) is 17.2 Å². The summed E-state index contributed by atoms with van der Waals surface area (Å²) in [5.74, 6) is 0.847. The molecule has 1 atom stereocenters. The van der Waals surface area contributed by atoms with E-state index in [9.17, 15) is 0 Å². The van der Waals surface area contributed by atoms with Crippen LogP contribution in [0.3, 0.4) is 0 Å². The van der Waals surface area contributed by atoms with Gasteiger partial charge >= 0.3 is 0 Å². The lowest BCUT2D eigenvalue weighted by Crippen LogP contribution is -2.18. The maximum atomic E-state index is 6.02. The Morgan fingerprint density at radius 1 is 1.12 bits per heavy atom.